The maximum atomic E-state index is 5.30. The molecule has 0 N–H and O–H groups in total. The molecular formula is C11H15BrO3. The fourth-order valence-electron chi connectivity index (χ4n) is 1.42. The van der Waals surface area contributed by atoms with E-state index < -0.39 is 0 Å². The van der Waals surface area contributed by atoms with Gasteiger partial charge in [0.05, 0.1) is 21.3 Å². The monoisotopic (exact) mass is 274 g/mol. The molecule has 0 aromatic heterocycles. The molecule has 0 aliphatic rings. The smallest absolute Gasteiger partial charge is 0.130 e. The van der Waals surface area contributed by atoms with Crippen LogP contribution in [-0.2, 0) is 0 Å². The summed E-state index contributed by atoms with van der Waals surface area (Å²) in [5, 5.41) is 0. The van der Waals surface area contributed by atoms with Crippen LogP contribution in [0.4, 0.5) is 0 Å². The molecule has 0 radical (unpaired) electrons. The van der Waals surface area contributed by atoms with Gasteiger partial charge < -0.3 is 14.2 Å². The second-order valence-electron chi connectivity index (χ2n) is 3.06. The molecule has 0 saturated carbocycles. The molecule has 15 heavy (non-hydrogen) atoms. The Bertz CT molecular complexity index is 312. The van der Waals surface area contributed by atoms with Gasteiger partial charge in [-0.3, -0.25) is 0 Å². The van der Waals surface area contributed by atoms with Crippen molar-refractivity contribution in [3.63, 3.8) is 0 Å². The third-order valence-corrected chi connectivity index (χ3v) is 2.61. The van der Waals surface area contributed by atoms with Crippen molar-refractivity contribution in [3.05, 3.63) is 17.7 Å². The number of rotatable bonds is 4. The van der Waals surface area contributed by atoms with Crippen LogP contribution in [0, 0.1) is 0 Å². The van der Waals surface area contributed by atoms with Crippen molar-refractivity contribution in [2.45, 2.75) is 11.8 Å². The summed E-state index contributed by atoms with van der Waals surface area (Å²) in [4.78, 5) is 0.160. The molecule has 3 nitrogen and oxygen atoms in total. The predicted molar refractivity (Wildman–Crippen MR) is 63.4 cm³/mol. The number of methoxy groups -OCH3 is 3. The number of hydrogen-bond acceptors (Lipinski definition) is 3. The zero-order valence-corrected chi connectivity index (χ0v) is 10.9. The SMILES string of the molecule is COc1cc(OC)c(C(C)Br)c(OC)c1. The maximum absolute atomic E-state index is 5.30. The van der Waals surface area contributed by atoms with Gasteiger partial charge in [0, 0.05) is 22.5 Å². The van der Waals surface area contributed by atoms with Crippen molar-refractivity contribution in [3.8, 4) is 17.2 Å². The van der Waals surface area contributed by atoms with Crippen LogP contribution in [0.2, 0.25) is 0 Å². The molecule has 0 aliphatic carbocycles. The molecule has 1 atom stereocenters. The molecule has 1 aromatic carbocycles. The summed E-state index contributed by atoms with van der Waals surface area (Å²) < 4.78 is 15.8. The van der Waals surface area contributed by atoms with Gasteiger partial charge in [0.1, 0.15) is 17.2 Å². The zero-order chi connectivity index (χ0) is 11.4. The minimum Gasteiger partial charge on any atom is -0.496 e. The van der Waals surface area contributed by atoms with Gasteiger partial charge in [0.25, 0.3) is 0 Å². The van der Waals surface area contributed by atoms with Gasteiger partial charge in [-0.05, 0) is 6.92 Å². The van der Waals surface area contributed by atoms with Gasteiger partial charge in [-0.1, -0.05) is 15.9 Å². The Kier molecular flexibility index (Phi) is 4.27. The highest BCUT2D eigenvalue weighted by Crippen LogP contribution is 2.41. The third-order valence-electron chi connectivity index (χ3n) is 2.15. The van der Waals surface area contributed by atoms with Crippen LogP contribution in [0.1, 0.15) is 17.3 Å². The minimum absolute atomic E-state index is 0.160. The highest BCUT2D eigenvalue weighted by molar-refractivity contribution is 9.09. The molecule has 0 heterocycles. The Labute approximate surface area is 98.5 Å². The van der Waals surface area contributed by atoms with Crippen LogP contribution in [0.5, 0.6) is 17.2 Å². The fourth-order valence-corrected chi connectivity index (χ4v) is 1.88. The fraction of sp³-hybridized carbons (Fsp3) is 0.455. The van der Waals surface area contributed by atoms with Gasteiger partial charge in [-0.2, -0.15) is 0 Å². The molecule has 0 spiro atoms. The standard InChI is InChI=1S/C11H15BrO3/c1-7(12)11-9(14-3)5-8(13-2)6-10(11)15-4/h5-7H,1-4H3. The van der Waals surface area contributed by atoms with Gasteiger partial charge in [-0.25, -0.2) is 0 Å². The summed E-state index contributed by atoms with van der Waals surface area (Å²) in [5.74, 6) is 2.24. The summed E-state index contributed by atoms with van der Waals surface area (Å²) in [5.41, 5.74) is 0.987. The Hall–Kier alpha value is -0.900. The molecule has 1 unspecified atom stereocenters. The van der Waals surface area contributed by atoms with Crippen molar-refractivity contribution in [1.82, 2.24) is 0 Å². The normalized spacial score (nSPS) is 12.1. The molecule has 0 saturated heterocycles. The van der Waals surface area contributed by atoms with Crippen LogP contribution in [0.25, 0.3) is 0 Å². The predicted octanol–water partition coefficient (Wildman–Crippen LogP) is 3.17. The van der Waals surface area contributed by atoms with Crippen LogP contribution in [0.3, 0.4) is 0 Å². The lowest BCUT2D eigenvalue weighted by Crippen LogP contribution is -1.98. The Balaban J connectivity index is 3.32. The van der Waals surface area contributed by atoms with E-state index in [0.717, 1.165) is 22.8 Å². The lowest BCUT2D eigenvalue weighted by molar-refractivity contribution is 0.369. The first-order valence-electron chi connectivity index (χ1n) is 4.58. The largest absolute Gasteiger partial charge is 0.496 e. The molecule has 0 aliphatic heterocycles. The second-order valence-corrected chi connectivity index (χ2v) is 4.44. The van der Waals surface area contributed by atoms with E-state index in [1.54, 1.807) is 21.3 Å². The van der Waals surface area contributed by atoms with Crippen LogP contribution in [-0.4, -0.2) is 21.3 Å². The van der Waals surface area contributed by atoms with Gasteiger partial charge >= 0.3 is 0 Å². The highest BCUT2D eigenvalue weighted by Gasteiger charge is 2.16. The van der Waals surface area contributed by atoms with E-state index in [1.807, 2.05) is 19.1 Å². The first-order valence-corrected chi connectivity index (χ1v) is 5.49. The second kappa shape index (κ2) is 5.26. The topological polar surface area (TPSA) is 27.7 Å². The Morgan fingerprint density at radius 1 is 1.00 bits per heavy atom. The quantitative estimate of drug-likeness (QED) is 0.790. The highest BCUT2D eigenvalue weighted by atomic mass is 79.9. The Morgan fingerprint density at radius 2 is 1.47 bits per heavy atom. The minimum atomic E-state index is 0.160. The van der Waals surface area contributed by atoms with E-state index >= 15 is 0 Å². The number of hydrogen-bond donors (Lipinski definition) is 0. The number of halogens is 1. The first-order chi connectivity index (χ1) is 7.13. The maximum Gasteiger partial charge on any atom is 0.130 e. The molecule has 84 valence electrons. The first kappa shape index (κ1) is 12.2. The summed E-state index contributed by atoms with van der Waals surface area (Å²) in [6.45, 7) is 2.02. The van der Waals surface area contributed by atoms with Crippen molar-refractivity contribution < 1.29 is 14.2 Å². The van der Waals surface area contributed by atoms with Crippen molar-refractivity contribution in [2.24, 2.45) is 0 Å². The molecule has 1 rings (SSSR count). The molecule has 1 aromatic rings. The van der Waals surface area contributed by atoms with E-state index in [0.29, 0.717) is 0 Å². The van der Waals surface area contributed by atoms with Crippen molar-refractivity contribution >= 4 is 15.9 Å². The van der Waals surface area contributed by atoms with Crippen LogP contribution < -0.4 is 14.2 Å². The number of ether oxygens (including phenoxy) is 3. The number of alkyl halides is 1. The van der Waals surface area contributed by atoms with E-state index in [4.69, 9.17) is 14.2 Å². The molecule has 0 amide bonds. The summed E-state index contributed by atoms with van der Waals surface area (Å²) >= 11 is 3.51. The van der Waals surface area contributed by atoms with Gasteiger partial charge in [-0.15, -0.1) is 0 Å². The average molecular weight is 275 g/mol. The number of benzene rings is 1. The lowest BCUT2D eigenvalue weighted by Gasteiger charge is -2.16. The van der Waals surface area contributed by atoms with E-state index in [2.05, 4.69) is 15.9 Å². The Morgan fingerprint density at radius 3 is 1.73 bits per heavy atom. The van der Waals surface area contributed by atoms with Gasteiger partial charge in [0.2, 0.25) is 0 Å². The van der Waals surface area contributed by atoms with Crippen LogP contribution >= 0.6 is 15.9 Å². The summed E-state index contributed by atoms with van der Waals surface area (Å²) in [6, 6.07) is 3.69. The van der Waals surface area contributed by atoms with Gasteiger partial charge in [0.15, 0.2) is 0 Å². The molecule has 4 heteroatoms. The molecular weight excluding hydrogens is 260 g/mol. The summed E-state index contributed by atoms with van der Waals surface area (Å²) in [7, 11) is 4.88. The third kappa shape index (κ3) is 2.56. The van der Waals surface area contributed by atoms with Crippen LogP contribution in [0.15, 0.2) is 12.1 Å². The van der Waals surface area contributed by atoms with E-state index in [9.17, 15) is 0 Å². The molecule has 0 bridgehead atoms. The van der Waals surface area contributed by atoms with E-state index in [-0.39, 0.29) is 4.83 Å². The van der Waals surface area contributed by atoms with E-state index in [1.165, 1.54) is 0 Å². The van der Waals surface area contributed by atoms with Crippen molar-refractivity contribution in [1.29, 1.82) is 0 Å². The molecule has 0 fully saturated rings. The zero-order valence-electron chi connectivity index (χ0n) is 9.33. The summed E-state index contributed by atoms with van der Waals surface area (Å²) in [6.07, 6.45) is 0. The van der Waals surface area contributed by atoms with Crippen molar-refractivity contribution in [2.75, 3.05) is 21.3 Å². The lowest BCUT2D eigenvalue weighted by atomic mass is 10.1. The average Bonchev–Trinajstić information content (AvgIpc) is 2.26.